The van der Waals surface area contributed by atoms with E-state index in [1.165, 1.54) is 12.1 Å². The standard InChI is InChI=1S/C27H24N2O7/c30-23(20-11-12-24-21(14-20)28-25(31)17-34-24)16-35-26(32)22(13-18-7-3-1-4-8-18)29-27(33)36-15-19-9-5-2-6-10-19/h1-12,14,22H,13,15-17H2,(H,28,31)(H,29,33). The van der Waals surface area contributed by atoms with Crippen molar-refractivity contribution in [3.63, 3.8) is 0 Å². The summed E-state index contributed by atoms with van der Waals surface area (Å²) in [5.41, 5.74) is 2.20. The zero-order valence-corrected chi connectivity index (χ0v) is 19.3. The summed E-state index contributed by atoms with van der Waals surface area (Å²) in [5, 5.41) is 5.16. The summed E-state index contributed by atoms with van der Waals surface area (Å²) in [4.78, 5) is 49.4. The van der Waals surface area contributed by atoms with Crippen molar-refractivity contribution in [2.45, 2.75) is 19.1 Å². The van der Waals surface area contributed by atoms with Crippen molar-refractivity contribution >= 4 is 29.4 Å². The molecular formula is C27H24N2O7. The monoisotopic (exact) mass is 488 g/mol. The number of benzene rings is 3. The number of hydrogen-bond donors (Lipinski definition) is 2. The van der Waals surface area contributed by atoms with Gasteiger partial charge in [-0.3, -0.25) is 9.59 Å². The molecule has 3 aromatic rings. The maximum absolute atomic E-state index is 12.8. The molecule has 2 N–H and O–H groups in total. The molecule has 184 valence electrons. The number of carbonyl (C=O) groups excluding carboxylic acids is 4. The zero-order valence-electron chi connectivity index (χ0n) is 19.3. The van der Waals surface area contributed by atoms with Crippen molar-refractivity contribution in [3.05, 3.63) is 95.6 Å². The Kier molecular flexibility index (Phi) is 7.92. The number of Topliss-reactive ketones (excluding diaryl/α,β-unsaturated/α-hetero) is 1. The number of alkyl carbamates (subject to hydrolysis) is 1. The molecule has 0 fully saturated rings. The van der Waals surface area contributed by atoms with Gasteiger partial charge >= 0.3 is 12.1 Å². The van der Waals surface area contributed by atoms with Gasteiger partial charge in [-0.1, -0.05) is 60.7 Å². The topological polar surface area (TPSA) is 120 Å². The predicted molar refractivity (Wildman–Crippen MR) is 130 cm³/mol. The first-order chi connectivity index (χ1) is 17.5. The van der Waals surface area contributed by atoms with Gasteiger partial charge in [0.25, 0.3) is 5.91 Å². The summed E-state index contributed by atoms with van der Waals surface area (Å²) in [6.07, 6.45) is -0.634. The van der Waals surface area contributed by atoms with E-state index in [1.807, 2.05) is 60.7 Å². The highest BCUT2D eigenvalue weighted by molar-refractivity contribution is 6.02. The molecule has 0 spiro atoms. The second kappa shape index (κ2) is 11.7. The smallest absolute Gasteiger partial charge is 0.408 e. The number of nitrogens with one attached hydrogen (secondary N) is 2. The Morgan fingerprint density at radius 1 is 0.917 bits per heavy atom. The number of amides is 2. The van der Waals surface area contributed by atoms with Crippen LogP contribution in [0.2, 0.25) is 0 Å². The summed E-state index contributed by atoms with van der Waals surface area (Å²) in [7, 11) is 0. The fraction of sp³-hybridized carbons (Fsp3) is 0.185. The summed E-state index contributed by atoms with van der Waals surface area (Å²) >= 11 is 0. The lowest BCUT2D eigenvalue weighted by Gasteiger charge is -2.19. The second-order valence-corrected chi connectivity index (χ2v) is 8.03. The lowest BCUT2D eigenvalue weighted by atomic mass is 10.1. The van der Waals surface area contributed by atoms with Crippen LogP contribution in [-0.2, 0) is 32.1 Å². The van der Waals surface area contributed by atoms with Crippen molar-refractivity contribution in [2.75, 3.05) is 18.5 Å². The lowest BCUT2D eigenvalue weighted by Crippen LogP contribution is -2.44. The molecule has 9 nitrogen and oxygen atoms in total. The molecule has 4 rings (SSSR count). The minimum atomic E-state index is -1.07. The fourth-order valence-corrected chi connectivity index (χ4v) is 3.53. The fourth-order valence-electron chi connectivity index (χ4n) is 3.53. The third kappa shape index (κ3) is 6.69. The van der Waals surface area contributed by atoms with Crippen molar-refractivity contribution in [3.8, 4) is 5.75 Å². The van der Waals surface area contributed by atoms with Crippen LogP contribution in [0.5, 0.6) is 5.75 Å². The Bertz CT molecular complexity index is 1250. The molecule has 3 aromatic carbocycles. The maximum Gasteiger partial charge on any atom is 0.408 e. The third-order valence-electron chi connectivity index (χ3n) is 5.35. The van der Waals surface area contributed by atoms with Gasteiger partial charge in [0.15, 0.2) is 19.0 Å². The highest BCUT2D eigenvalue weighted by Crippen LogP contribution is 2.28. The van der Waals surface area contributed by atoms with E-state index >= 15 is 0 Å². The van der Waals surface area contributed by atoms with Crippen LogP contribution in [0.3, 0.4) is 0 Å². The summed E-state index contributed by atoms with van der Waals surface area (Å²) in [6, 6.07) is 21.7. The van der Waals surface area contributed by atoms with E-state index in [9.17, 15) is 19.2 Å². The molecule has 36 heavy (non-hydrogen) atoms. The molecule has 0 aromatic heterocycles. The van der Waals surface area contributed by atoms with Crippen molar-refractivity contribution in [1.82, 2.24) is 5.32 Å². The van der Waals surface area contributed by atoms with E-state index in [1.54, 1.807) is 6.07 Å². The van der Waals surface area contributed by atoms with E-state index in [0.29, 0.717) is 11.4 Å². The molecule has 1 unspecified atom stereocenters. The Labute approximate surface area is 207 Å². The Balaban J connectivity index is 1.37. The number of ether oxygens (including phenoxy) is 3. The Hall–Kier alpha value is -4.66. The van der Waals surface area contributed by atoms with E-state index in [4.69, 9.17) is 14.2 Å². The van der Waals surface area contributed by atoms with Crippen LogP contribution >= 0.6 is 0 Å². The molecule has 9 heteroatoms. The molecule has 0 aliphatic carbocycles. The average Bonchev–Trinajstić information content (AvgIpc) is 2.90. The zero-order chi connectivity index (χ0) is 25.3. The average molecular weight is 488 g/mol. The highest BCUT2D eigenvalue weighted by atomic mass is 16.6. The van der Waals surface area contributed by atoms with Gasteiger partial charge in [-0.2, -0.15) is 0 Å². The molecule has 1 aliphatic heterocycles. The van der Waals surface area contributed by atoms with Gasteiger partial charge in [-0.15, -0.1) is 0 Å². The summed E-state index contributed by atoms with van der Waals surface area (Å²) < 4.78 is 15.8. The van der Waals surface area contributed by atoms with Crippen molar-refractivity contribution < 1.29 is 33.4 Å². The Morgan fingerprint density at radius 2 is 1.61 bits per heavy atom. The highest BCUT2D eigenvalue weighted by Gasteiger charge is 2.25. The molecule has 0 radical (unpaired) electrons. The van der Waals surface area contributed by atoms with Crippen LogP contribution < -0.4 is 15.4 Å². The van der Waals surface area contributed by atoms with E-state index in [-0.39, 0.29) is 31.1 Å². The van der Waals surface area contributed by atoms with Gasteiger partial charge in [0.1, 0.15) is 18.4 Å². The first kappa shape index (κ1) is 24.5. The van der Waals surface area contributed by atoms with Crippen molar-refractivity contribution in [2.24, 2.45) is 0 Å². The number of hydrogen-bond acceptors (Lipinski definition) is 7. The summed E-state index contributed by atoms with van der Waals surface area (Å²) in [5.74, 6) is -1.13. The minimum Gasteiger partial charge on any atom is -0.482 e. The van der Waals surface area contributed by atoms with Gasteiger partial charge in [0, 0.05) is 12.0 Å². The van der Waals surface area contributed by atoms with E-state index in [0.717, 1.165) is 11.1 Å². The third-order valence-corrected chi connectivity index (χ3v) is 5.35. The van der Waals surface area contributed by atoms with Gasteiger partial charge < -0.3 is 24.8 Å². The lowest BCUT2D eigenvalue weighted by molar-refractivity contribution is -0.144. The molecule has 0 saturated heterocycles. The van der Waals surface area contributed by atoms with E-state index < -0.39 is 30.5 Å². The number of carbonyl (C=O) groups is 4. The SMILES string of the molecule is O=C1COc2ccc(C(=O)COC(=O)C(Cc3ccccc3)NC(=O)OCc3ccccc3)cc2N1. The van der Waals surface area contributed by atoms with E-state index in [2.05, 4.69) is 10.6 Å². The van der Waals surface area contributed by atoms with Gasteiger partial charge in [0.2, 0.25) is 0 Å². The molecular weight excluding hydrogens is 464 g/mol. The number of ketones is 1. The van der Waals surface area contributed by atoms with Crippen LogP contribution in [0, 0.1) is 0 Å². The second-order valence-electron chi connectivity index (χ2n) is 8.03. The van der Waals surface area contributed by atoms with Crippen LogP contribution in [0.1, 0.15) is 21.5 Å². The predicted octanol–water partition coefficient (Wildman–Crippen LogP) is 3.28. The number of esters is 1. The largest absolute Gasteiger partial charge is 0.482 e. The normalized spacial score (nSPS) is 12.8. The van der Waals surface area contributed by atoms with Crippen molar-refractivity contribution in [1.29, 1.82) is 0 Å². The first-order valence-electron chi connectivity index (χ1n) is 11.3. The van der Waals surface area contributed by atoms with Gasteiger partial charge in [-0.05, 0) is 29.3 Å². The minimum absolute atomic E-state index is 0.0385. The molecule has 0 saturated carbocycles. The number of rotatable bonds is 9. The number of anilines is 1. The quantitative estimate of drug-likeness (QED) is 0.350. The van der Waals surface area contributed by atoms with Gasteiger partial charge in [0.05, 0.1) is 5.69 Å². The number of fused-ring (bicyclic) bond motifs is 1. The molecule has 1 heterocycles. The van der Waals surface area contributed by atoms with Gasteiger partial charge in [-0.25, -0.2) is 9.59 Å². The van der Waals surface area contributed by atoms with Crippen LogP contribution in [0.4, 0.5) is 10.5 Å². The molecule has 1 atom stereocenters. The van der Waals surface area contributed by atoms with Crippen LogP contribution in [-0.4, -0.2) is 43.0 Å². The first-order valence-corrected chi connectivity index (χ1v) is 11.3. The molecule has 0 bridgehead atoms. The molecule has 2 amide bonds. The van der Waals surface area contributed by atoms with Crippen LogP contribution in [0.25, 0.3) is 0 Å². The van der Waals surface area contributed by atoms with Crippen LogP contribution in [0.15, 0.2) is 78.9 Å². The summed E-state index contributed by atoms with van der Waals surface area (Å²) in [6.45, 7) is -0.600. The molecule has 1 aliphatic rings. The maximum atomic E-state index is 12.8. The Morgan fingerprint density at radius 3 is 2.33 bits per heavy atom.